The van der Waals surface area contributed by atoms with Gasteiger partial charge in [-0.25, -0.2) is 9.97 Å². The second-order valence-electron chi connectivity index (χ2n) is 9.88. The molecule has 0 radical (unpaired) electrons. The number of aldehydes is 1. The molecule has 2 aliphatic heterocycles. The maximum Gasteiger partial charge on any atom is 0.225 e. The monoisotopic (exact) mass is 513 g/mol. The van der Waals surface area contributed by atoms with Crippen LogP contribution in [0.1, 0.15) is 37.1 Å². The number of carbonyl (C=O) groups excluding carboxylic acids is 1. The van der Waals surface area contributed by atoms with Gasteiger partial charge in [0.15, 0.2) is 12.4 Å². The van der Waals surface area contributed by atoms with Crippen LogP contribution in [0.3, 0.4) is 0 Å². The quantitative estimate of drug-likeness (QED) is 0.290. The lowest BCUT2D eigenvalue weighted by Gasteiger charge is -2.34. The average Bonchev–Trinajstić information content (AvgIpc) is 3.35. The third-order valence-electron chi connectivity index (χ3n) is 7.64. The van der Waals surface area contributed by atoms with E-state index in [0.717, 1.165) is 73.2 Å². The highest BCUT2D eigenvalue weighted by Crippen LogP contribution is 2.38. The summed E-state index contributed by atoms with van der Waals surface area (Å²) in [5.74, 6) is 1.58. The van der Waals surface area contributed by atoms with Crippen LogP contribution in [0.5, 0.6) is 5.75 Å². The molecular weight excluding hydrogens is 482 g/mol. The van der Waals surface area contributed by atoms with Gasteiger partial charge >= 0.3 is 0 Å². The van der Waals surface area contributed by atoms with E-state index < -0.39 is 0 Å². The Balaban J connectivity index is 1.27. The van der Waals surface area contributed by atoms with Gasteiger partial charge in [0.05, 0.1) is 29.8 Å². The second-order valence-corrected chi connectivity index (χ2v) is 9.88. The molecule has 1 fully saturated rings. The molecule has 10 nitrogen and oxygen atoms in total. The maximum atomic E-state index is 11.1. The van der Waals surface area contributed by atoms with Crippen molar-refractivity contribution in [3.8, 4) is 17.0 Å². The molecule has 0 aliphatic carbocycles. The third-order valence-corrected chi connectivity index (χ3v) is 7.64. The number of ether oxygens (including phenoxy) is 2. The van der Waals surface area contributed by atoms with Crippen molar-refractivity contribution in [1.82, 2.24) is 25.1 Å². The average molecular weight is 514 g/mol. The van der Waals surface area contributed by atoms with Gasteiger partial charge < -0.3 is 29.1 Å². The number of hydrogen-bond donors (Lipinski definition) is 1. The summed E-state index contributed by atoms with van der Waals surface area (Å²) in [5, 5.41) is 10.1. The van der Waals surface area contributed by atoms with Gasteiger partial charge in [0.2, 0.25) is 5.95 Å². The standard InChI is InChI=1S/C28H31N7O3/c1-18-26-22-13-24(21-5-3-4-6-25(21)38-17-37-2)32-33-27(22)31-23(26)9-12-35(18)28-29-14-20(15-30-28)34-10-7-19(16-36)8-11-34/h3-6,13-16,18-19H,7-12,17H2,1-2H3,(H,31,33). The van der Waals surface area contributed by atoms with Gasteiger partial charge in [-0.1, -0.05) is 12.1 Å². The zero-order valence-electron chi connectivity index (χ0n) is 21.6. The van der Waals surface area contributed by atoms with E-state index in [-0.39, 0.29) is 18.8 Å². The number of fused-ring (bicyclic) bond motifs is 3. The van der Waals surface area contributed by atoms with Gasteiger partial charge in [0, 0.05) is 61.3 Å². The molecular formula is C28H31N7O3. The summed E-state index contributed by atoms with van der Waals surface area (Å²) < 4.78 is 10.9. The van der Waals surface area contributed by atoms with E-state index in [1.165, 1.54) is 11.3 Å². The SMILES string of the molecule is COCOc1ccccc1-c1cc2c3c([nH]c2nn1)CCN(c1ncc(N2CCC(C=O)CC2)cn1)C3C. The van der Waals surface area contributed by atoms with Gasteiger partial charge in [-0.3, -0.25) is 0 Å². The largest absolute Gasteiger partial charge is 0.467 e. The Kier molecular flexibility index (Phi) is 6.63. The first kappa shape index (κ1) is 24.3. The van der Waals surface area contributed by atoms with Crippen LogP contribution in [-0.4, -0.2) is 65.0 Å². The minimum atomic E-state index is 0.0544. The molecule has 1 aromatic carbocycles. The van der Waals surface area contributed by atoms with Crippen LogP contribution in [0.15, 0.2) is 42.7 Å². The summed E-state index contributed by atoms with van der Waals surface area (Å²) in [5.41, 5.74) is 5.76. The highest BCUT2D eigenvalue weighted by Gasteiger charge is 2.30. The molecule has 1 atom stereocenters. The van der Waals surface area contributed by atoms with Crippen molar-refractivity contribution in [3.63, 3.8) is 0 Å². The highest BCUT2D eigenvalue weighted by atomic mass is 16.7. The minimum absolute atomic E-state index is 0.0544. The summed E-state index contributed by atoms with van der Waals surface area (Å²) in [6, 6.07) is 9.91. The number of hydrogen-bond acceptors (Lipinski definition) is 9. The van der Waals surface area contributed by atoms with Crippen LogP contribution in [-0.2, 0) is 16.0 Å². The minimum Gasteiger partial charge on any atom is -0.467 e. The van der Waals surface area contributed by atoms with Crippen LogP contribution in [0.4, 0.5) is 11.6 Å². The summed E-state index contributed by atoms with van der Waals surface area (Å²) in [6.45, 7) is 4.86. The van der Waals surface area contributed by atoms with E-state index in [9.17, 15) is 4.79 Å². The van der Waals surface area contributed by atoms with Crippen molar-refractivity contribution >= 4 is 29.0 Å². The first-order chi connectivity index (χ1) is 18.7. The number of nitrogens with one attached hydrogen (secondary N) is 1. The van der Waals surface area contributed by atoms with Crippen molar-refractivity contribution in [2.75, 3.05) is 43.3 Å². The zero-order valence-corrected chi connectivity index (χ0v) is 21.6. The molecule has 10 heteroatoms. The fourth-order valence-electron chi connectivity index (χ4n) is 5.57. The zero-order chi connectivity index (χ0) is 26.1. The van der Waals surface area contributed by atoms with E-state index in [4.69, 9.17) is 19.4 Å². The molecule has 1 unspecified atom stereocenters. The molecule has 1 saturated heterocycles. The fraction of sp³-hybridized carbons (Fsp3) is 0.393. The predicted octanol–water partition coefficient (Wildman–Crippen LogP) is 3.94. The number of para-hydroxylation sites is 1. The van der Waals surface area contributed by atoms with Crippen LogP contribution >= 0.6 is 0 Å². The van der Waals surface area contributed by atoms with Crippen molar-refractivity contribution < 1.29 is 14.3 Å². The van der Waals surface area contributed by atoms with Crippen LogP contribution in [0, 0.1) is 5.92 Å². The first-order valence-electron chi connectivity index (χ1n) is 13.0. The van der Waals surface area contributed by atoms with Crippen molar-refractivity contribution in [1.29, 1.82) is 0 Å². The molecule has 0 saturated carbocycles. The van der Waals surface area contributed by atoms with Gasteiger partial charge in [0.25, 0.3) is 0 Å². The lowest BCUT2D eigenvalue weighted by Crippen LogP contribution is -2.36. The first-order valence-corrected chi connectivity index (χ1v) is 13.0. The predicted molar refractivity (Wildman–Crippen MR) is 144 cm³/mol. The van der Waals surface area contributed by atoms with Gasteiger partial charge in [-0.15, -0.1) is 10.2 Å². The van der Waals surface area contributed by atoms with E-state index in [0.29, 0.717) is 11.7 Å². The molecule has 0 amide bonds. The molecule has 6 rings (SSSR count). The number of H-pyrrole nitrogens is 1. The number of methoxy groups -OCH3 is 1. The molecule has 2 aliphatic rings. The summed E-state index contributed by atoms with van der Waals surface area (Å²) in [4.78, 5) is 28.6. The Bertz CT molecular complexity index is 1430. The van der Waals surface area contributed by atoms with Crippen molar-refractivity contribution in [3.05, 3.63) is 54.0 Å². The van der Waals surface area contributed by atoms with Crippen LogP contribution in [0.25, 0.3) is 22.3 Å². The number of aromatic nitrogens is 5. The van der Waals surface area contributed by atoms with E-state index in [1.54, 1.807) is 7.11 Å². The number of carbonyl (C=O) groups is 1. The molecule has 3 aromatic heterocycles. The second kappa shape index (κ2) is 10.4. The van der Waals surface area contributed by atoms with Gasteiger partial charge in [-0.2, -0.15) is 0 Å². The third kappa shape index (κ3) is 4.45. The Morgan fingerprint density at radius 3 is 2.66 bits per heavy atom. The van der Waals surface area contributed by atoms with E-state index >= 15 is 0 Å². The highest BCUT2D eigenvalue weighted by molar-refractivity contribution is 5.86. The van der Waals surface area contributed by atoms with Gasteiger partial charge in [0.1, 0.15) is 12.0 Å². The number of rotatable bonds is 7. The Morgan fingerprint density at radius 1 is 1.11 bits per heavy atom. The molecule has 38 heavy (non-hydrogen) atoms. The molecule has 4 aromatic rings. The summed E-state index contributed by atoms with van der Waals surface area (Å²) in [7, 11) is 1.60. The van der Waals surface area contributed by atoms with Crippen molar-refractivity contribution in [2.24, 2.45) is 5.92 Å². The number of anilines is 2. The lowest BCUT2D eigenvalue weighted by atomic mass is 9.97. The normalized spacial score (nSPS) is 18.0. The molecule has 0 spiro atoms. The smallest absolute Gasteiger partial charge is 0.225 e. The number of aromatic amines is 1. The summed E-state index contributed by atoms with van der Waals surface area (Å²) in [6.07, 6.45) is 7.49. The maximum absolute atomic E-state index is 11.1. The van der Waals surface area contributed by atoms with Gasteiger partial charge in [-0.05, 0) is 38.0 Å². The number of piperidine rings is 1. The van der Waals surface area contributed by atoms with Crippen molar-refractivity contribution in [2.45, 2.75) is 32.2 Å². The van der Waals surface area contributed by atoms with E-state index in [1.807, 2.05) is 36.7 Å². The topological polar surface area (TPSA) is 109 Å². The van der Waals surface area contributed by atoms with Crippen LogP contribution in [0.2, 0.25) is 0 Å². The molecule has 1 N–H and O–H groups in total. The number of benzene rings is 1. The lowest BCUT2D eigenvalue weighted by molar-refractivity contribution is -0.111. The summed E-state index contributed by atoms with van der Waals surface area (Å²) >= 11 is 0. The molecule has 5 heterocycles. The Hall–Kier alpha value is -4.05. The number of nitrogens with zero attached hydrogens (tertiary/aromatic N) is 6. The molecule has 196 valence electrons. The molecule has 0 bridgehead atoms. The Labute approximate surface area is 221 Å². The fourth-order valence-corrected chi connectivity index (χ4v) is 5.57. The van der Waals surface area contributed by atoms with E-state index in [2.05, 4.69) is 38.0 Å². The Morgan fingerprint density at radius 2 is 1.89 bits per heavy atom. The van der Waals surface area contributed by atoms with Crippen LogP contribution < -0.4 is 14.5 Å².